The van der Waals surface area contributed by atoms with Gasteiger partial charge < -0.3 is 20.9 Å². The SMILES string of the molecule is CN=C(NCCCN1CCC(C)CC1)NCc1cccc(NC(C)=O)c1. The lowest BCUT2D eigenvalue weighted by molar-refractivity contribution is -0.114. The van der Waals surface area contributed by atoms with Crippen LogP contribution in [0.3, 0.4) is 0 Å². The first-order chi connectivity index (χ1) is 12.6. The molecule has 3 N–H and O–H groups in total. The first kappa shape index (κ1) is 20.2. The minimum Gasteiger partial charge on any atom is -0.356 e. The average molecular weight is 360 g/mol. The number of guanidine groups is 1. The standard InChI is InChI=1S/C20H33N5O/c1-16-8-12-25(13-9-16)11-5-10-22-20(21-3)23-15-18-6-4-7-19(14-18)24-17(2)26/h4,6-7,14,16H,5,8-13,15H2,1-3H3,(H,24,26)(H2,21,22,23). The monoisotopic (exact) mass is 359 g/mol. The predicted octanol–water partition coefficient (Wildman–Crippen LogP) is 2.43. The Kier molecular flexibility index (Phi) is 8.41. The Labute approximate surface area is 157 Å². The smallest absolute Gasteiger partial charge is 0.221 e. The topological polar surface area (TPSA) is 68.8 Å². The molecule has 1 aromatic rings. The highest BCUT2D eigenvalue weighted by molar-refractivity contribution is 5.88. The maximum absolute atomic E-state index is 11.2. The normalized spacial score (nSPS) is 16.3. The van der Waals surface area contributed by atoms with Crippen LogP contribution in [0.25, 0.3) is 0 Å². The first-order valence-corrected chi connectivity index (χ1v) is 9.60. The zero-order chi connectivity index (χ0) is 18.8. The van der Waals surface area contributed by atoms with E-state index in [9.17, 15) is 4.79 Å². The van der Waals surface area contributed by atoms with Crippen molar-refractivity contribution in [1.29, 1.82) is 0 Å². The van der Waals surface area contributed by atoms with Crippen molar-refractivity contribution >= 4 is 17.6 Å². The number of piperidine rings is 1. The number of rotatable bonds is 7. The molecule has 0 radical (unpaired) electrons. The molecule has 2 rings (SSSR count). The van der Waals surface area contributed by atoms with Crippen molar-refractivity contribution in [2.24, 2.45) is 10.9 Å². The van der Waals surface area contributed by atoms with Crippen LogP contribution in [0.2, 0.25) is 0 Å². The molecular weight excluding hydrogens is 326 g/mol. The Morgan fingerprint density at radius 1 is 1.27 bits per heavy atom. The molecule has 1 saturated heterocycles. The molecule has 0 bridgehead atoms. The molecule has 0 spiro atoms. The molecule has 0 saturated carbocycles. The van der Waals surface area contributed by atoms with Crippen LogP contribution < -0.4 is 16.0 Å². The molecule has 1 fully saturated rings. The van der Waals surface area contributed by atoms with Gasteiger partial charge in [0.05, 0.1) is 0 Å². The molecule has 26 heavy (non-hydrogen) atoms. The fraction of sp³-hybridized carbons (Fsp3) is 0.600. The molecule has 6 nitrogen and oxygen atoms in total. The summed E-state index contributed by atoms with van der Waals surface area (Å²) in [7, 11) is 1.79. The van der Waals surface area contributed by atoms with Gasteiger partial charge in [-0.25, -0.2) is 0 Å². The number of hydrogen-bond donors (Lipinski definition) is 3. The molecule has 0 unspecified atom stereocenters. The van der Waals surface area contributed by atoms with Gasteiger partial charge in [0.1, 0.15) is 0 Å². The molecule has 144 valence electrons. The lowest BCUT2D eigenvalue weighted by Gasteiger charge is -2.30. The van der Waals surface area contributed by atoms with Gasteiger partial charge >= 0.3 is 0 Å². The number of carbonyl (C=O) groups excluding carboxylic acids is 1. The number of hydrogen-bond acceptors (Lipinski definition) is 3. The zero-order valence-electron chi connectivity index (χ0n) is 16.3. The van der Waals surface area contributed by atoms with Crippen LogP contribution in [-0.4, -0.2) is 50.0 Å². The van der Waals surface area contributed by atoms with Crippen molar-refractivity contribution < 1.29 is 4.79 Å². The van der Waals surface area contributed by atoms with Gasteiger partial charge in [-0.3, -0.25) is 9.79 Å². The summed E-state index contributed by atoms with van der Waals surface area (Å²) in [6, 6.07) is 7.83. The maximum Gasteiger partial charge on any atom is 0.221 e. The second-order valence-corrected chi connectivity index (χ2v) is 7.11. The van der Waals surface area contributed by atoms with E-state index in [1.807, 2.05) is 24.3 Å². The molecule has 0 atom stereocenters. The molecule has 1 amide bonds. The lowest BCUT2D eigenvalue weighted by Crippen LogP contribution is -2.39. The van der Waals surface area contributed by atoms with Gasteiger partial charge in [0.25, 0.3) is 0 Å². The highest BCUT2D eigenvalue weighted by Crippen LogP contribution is 2.15. The number of likely N-dealkylation sites (tertiary alicyclic amines) is 1. The van der Waals surface area contributed by atoms with Gasteiger partial charge in [-0.05, 0) is 62.5 Å². The van der Waals surface area contributed by atoms with E-state index in [-0.39, 0.29) is 5.91 Å². The third-order valence-electron chi connectivity index (χ3n) is 4.75. The summed E-state index contributed by atoms with van der Waals surface area (Å²) in [5, 5.41) is 9.51. The van der Waals surface area contributed by atoms with Crippen molar-refractivity contribution in [3.05, 3.63) is 29.8 Å². The second-order valence-electron chi connectivity index (χ2n) is 7.11. The van der Waals surface area contributed by atoms with Crippen molar-refractivity contribution in [1.82, 2.24) is 15.5 Å². The van der Waals surface area contributed by atoms with Crippen molar-refractivity contribution in [2.45, 2.75) is 39.7 Å². The third kappa shape index (κ3) is 7.44. The summed E-state index contributed by atoms with van der Waals surface area (Å²) in [6.45, 7) is 9.06. The van der Waals surface area contributed by atoms with E-state index in [0.29, 0.717) is 6.54 Å². The number of benzene rings is 1. The van der Waals surface area contributed by atoms with Gasteiger partial charge in [-0.2, -0.15) is 0 Å². The Balaban J connectivity index is 1.67. The van der Waals surface area contributed by atoms with E-state index in [2.05, 4.69) is 32.8 Å². The van der Waals surface area contributed by atoms with Gasteiger partial charge in [-0.15, -0.1) is 0 Å². The maximum atomic E-state index is 11.2. The molecule has 0 aliphatic carbocycles. The molecule has 1 heterocycles. The molecular formula is C20H33N5O. The van der Waals surface area contributed by atoms with Gasteiger partial charge in [0.2, 0.25) is 5.91 Å². The summed E-state index contributed by atoms with van der Waals surface area (Å²) in [4.78, 5) is 18.0. The van der Waals surface area contributed by atoms with E-state index in [0.717, 1.165) is 42.6 Å². The fourth-order valence-electron chi connectivity index (χ4n) is 3.16. The lowest BCUT2D eigenvalue weighted by atomic mass is 9.99. The Bertz CT molecular complexity index is 594. The summed E-state index contributed by atoms with van der Waals surface area (Å²) in [5.41, 5.74) is 1.91. The third-order valence-corrected chi connectivity index (χ3v) is 4.75. The van der Waals surface area contributed by atoms with Crippen molar-refractivity contribution in [3.63, 3.8) is 0 Å². The largest absolute Gasteiger partial charge is 0.356 e. The molecule has 0 aromatic heterocycles. The van der Waals surface area contributed by atoms with Crippen LogP contribution >= 0.6 is 0 Å². The quantitative estimate of drug-likeness (QED) is 0.397. The van der Waals surface area contributed by atoms with E-state index in [1.165, 1.54) is 32.9 Å². The number of aliphatic imine (C=N–C) groups is 1. The van der Waals surface area contributed by atoms with Crippen LogP contribution in [0.15, 0.2) is 29.3 Å². The number of anilines is 1. The van der Waals surface area contributed by atoms with Crippen LogP contribution in [-0.2, 0) is 11.3 Å². The molecule has 1 aliphatic rings. The van der Waals surface area contributed by atoms with Crippen molar-refractivity contribution in [3.8, 4) is 0 Å². The van der Waals surface area contributed by atoms with Crippen LogP contribution in [0.5, 0.6) is 0 Å². The number of carbonyl (C=O) groups is 1. The van der Waals surface area contributed by atoms with Crippen LogP contribution in [0.4, 0.5) is 5.69 Å². The molecule has 1 aromatic carbocycles. The van der Waals surface area contributed by atoms with Gasteiger partial charge in [0, 0.05) is 32.7 Å². The second kappa shape index (κ2) is 10.8. The molecule has 6 heteroatoms. The molecule has 1 aliphatic heterocycles. The van der Waals surface area contributed by atoms with E-state index < -0.39 is 0 Å². The summed E-state index contributed by atoms with van der Waals surface area (Å²) < 4.78 is 0. The summed E-state index contributed by atoms with van der Waals surface area (Å²) in [6.07, 6.45) is 3.77. The first-order valence-electron chi connectivity index (χ1n) is 9.60. The number of amides is 1. The Hall–Kier alpha value is -2.08. The number of nitrogens with zero attached hydrogens (tertiary/aromatic N) is 2. The van der Waals surface area contributed by atoms with Crippen molar-refractivity contribution in [2.75, 3.05) is 38.5 Å². The Morgan fingerprint density at radius 3 is 2.73 bits per heavy atom. The highest BCUT2D eigenvalue weighted by atomic mass is 16.1. The minimum absolute atomic E-state index is 0.0595. The summed E-state index contributed by atoms with van der Waals surface area (Å²) in [5.74, 6) is 1.63. The van der Waals surface area contributed by atoms with E-state index >= 15 is 0 Å². The average Bonchev–Trinajstić information content (AvgIpc) is 2.62. The highest BCUT2D eigenvalue weighted by Gasteiger charge is 2.14. The number of nitrogens with one attached hydrogen (secondary N) is 3. The fourth-order valence-corrected chi connectivity index (χ4v) is 3.16. The van der Waals surface area contributed by atoms with E-state index in [4.69, 9.17) is 0 Å². The minimum atomic E-state index is -0.0595. The van der Waals surface area contributed by atoms with Gasteiger partial charge in [-0.1, -0.05) is 19.1 Å². The van der Waals surface area contributed by atoms with Crippen LogP contribution in [0, 0.1) is 5.92 Å². The zero-order valence-corrected chi connectivity index (χ0v) is 16.3. The Morgan fingerprint density at radius 2 is 2.04 bits per heavy atom. The van der Waals surface area contributed by atoms with Gasteiger partial charge in [0.15, 0.2) is 5.96 Å². The summed E-state index contributed by atoms with van der Waals surface area (Å²) >= 11 is 0. The predicted molar refractivity (Wildman–Crippen MR) is 108 cm³/mol. The van der Waals surface area contributed by atoms with Crippen LogP contribution in [0.1, 0.15) is 38.7 Å². The van der Waals surface area contributed by atoms with E-state index in [1.54, 1.807) is 7.05 Å².